The SMILES string of the molecule is C=CCCOc1ccc(S(=O)(=O)N(CC(=O)NO)Cc2ccc(-c3nn[nH]n3)cc2)cc1. The fourth-order valence-corrected chi connectivity index (χ4v) is 4.17. The summed E-state index contributed by atoms with van der Waals surface area (Å²) < 4.78 is 32.9. The predicted molar refractivity (Wildman–Crippen MR) is 114 cm³/mol. The van der Waals surface area contributed by atoms with Crippen molar-refractivity contribution >= 4 is 15.9 Å². The van der Waals surface area contributed by atoms with Crippen LogP contribution in [-0.4, -0.2) is 57.6 Å². The number of hydrogen-bond donors (Lipinski definition) is 3. The molecule has 1 amide bonds. The fourth-order valence-electron chi connectivity index (χ4n) is 2.79. The number of amides is 1. The number of tetrazole rings is 1. The Bertz CT molecular complexity index is 1130. The maximum Gasteiger partial charge on any atom is 0.258 e. The molecule has 3 N–H and O–H groups in total. The van der Waals surface area contributed by atoms with E-state index in [1.54, 1.807) is 42.5 Å². The molecule has 3 aromatic rings. The van der Waals surface area contributed by atoms with Crippen LogP contribution in [-0.2, 0) is 21.4 Å². The molecule has 12 heteroatoms. The number of aromatic nitrogens is 4. The van der Waals surface area contributed by atoms with Gasteiger partial charge in [0.05, 0.1) is 18.0 Å². The van der Waals surface area contributed by atoms with Crippen LogP contribution in [0, 0.1) is 0 Å². The van der Waals surface area contributed by atoms with Gasteiger partial charge in [-0.2, -0.15) is 9.52 Å². The Hall–Kier alpha value is -3.61. The number of sulfonamides is 1. The van der Waals surface area contributed by atoms with E-state index in [-0.39, 0.29) is 11.4 Å². The second-order valence-corrected chi connectivity index (χ2v) is 8.58. The van der Waals surface area contributed by atoms with Crippen LogP contribution in [0.1, 0.15) is 12.0 Å². The molecule has 1 heterocycles. The average molecular weight is 459 g/mol. The number of ether oxygens (including phenoxy) is 1. The lowest BCUT2D eigenvalue weighted by Gasteiger charge is -2.21. The van der Waals surface area contributed by atoms with Crippen LogP contribution in [0.5, 0.6) is 5.75 Å². The Morgan fingerprint density at radius 2 is 1.91 bits per heavy atom. The fraction of sp³-hybridized carbons (Fsp3) is 0.200. The van der Waals surface area contributed by atoms with Crippen molar-refractivity contribution in [3.63, 3.8) is 0 Å². The van der Waals surface area contributed by atoms with Gasteiger partial charge in [-0.05, 0) is 41.5 Å². The first kappa shape index (κ1) is 23.1. The quantitative estimate of drug-likeness (QED) is 0.169. The second-order valence-electron chi connectivity index (χ2n) is 6.64. The molecule has 0 unspecified atom stereocenters. The minimum Gasteiger partial charge on any atom is -0.493 e. The van der Waals surface area contributed by atoms with Gasteiger partial charge in [-0.1, -0.05) is 30.3 Å². The number of benzene rings is 2. The number of carbonyl (C=O) groups excluding carboxylic acids is 1. The summed E-state index contributed by atoms with van der Waals surface area (Å²) in [7, 11) is -4.05. The maximum absolute atomic E-state index is 13.2. The van der Waals surface area contributed by atoms with Crippen LogP contribution in [0.2, 0.25) is 0 Å². The van der Waals surface area contributed by atoms with Crippen molar-refractivity contribution in [1.29, 1.82) is 0 Å². The Balaban J connectivity index is 1.80. The van der Waals surface area contributed by atoms with Gasteiger partial charge in [0.15, 0.2) is 0 Å². The highest BCUT2D eigenvalue weighted by Crippen LogP contribution is 2.22. The van der Waals surface area contributed by atoms with Gasteiger partial charge in [0.1, 0.15) is 5.75 Å². The lowest BCUT2D eigenvalue weighted by molar-refractivity contribution is -0.129. The van der Waals surface area contributed by atoms with Gasteiger partial charge >= 0.3 is 0 Å². The Labute approximate surface area is 184 Å². The monoisotopic (exact) mass is 458 g/mol. The number of hydrogen-bond acceptors (Lipinski definition) is 8. The summed E-state index contributed by atoms with van der Waals surface area (Å²) in [5, 5.41) is 22.5. The molecule has 0 radical (unpaired) electrons. The van der Waals surface area contributed by atoms with Crippen LogP contribution in [0.3, 0.4) is 0 Å². The smallest absolute Gasteiger partial charge is 0.258 e. The van der Waals surface area contributed by atoms with Gasteiger partial charge in [-0.15, -0.1) is 16.8 Å². The van der Waals surface area contributed by atoms with Crippen molar-refractivity contribution in [2.75, 3.05) is 13.2 Å². The molecule has 0 saturated carbocycles. The zero-order valence-electron chi connectivity index (χ0n) is 17.0. The molecule has 11 nitrogen and oxygen atoms in total. The zero-order chi connectivity index (χ0) is 23.0. The zero-order valence-corrected chi connectivity index (χ0v) is 17.8. The first-order valence-corrected chi connectivity index (χ1v) is 11.0. The highest BCUT2D eigenvalue weighted by atomic mass is 32.2. The van der Waals surface area contributed by atoms with Gasteiger partial charge in [-0.3, -0.25) is 10.0 Å². The summed E-state index contributed by atoms with van der Waals surface area (Å²) in [4.78, 5) is 11.8. The first-order valence-electron chi connectivity index (χ1n) is 9.53. The average Bonchev–Trinajstić information content (AvgIpc) is 3.34. The normalized spacial score (nSPS) is 11.3. The second kappa shape index (κ2) is 10.6. The molecule has 32 heavy (non-hydrogen) atoms. The van der Waals surface area contributed by atoms with Crippen molar-refractivity contribution in [1.82, 2.24) is 30.4 Å². The molecular formula is C20H22N6O5S. The predicted octanol–water partition coefficient (Wildman–Crippen LogP) is 1.52. The number of rotatable bonds is 11. The minimum absolute atomic E-state index is 0.0114. The standard InChI is InChI=1S/C20H22N6O5S/c1-2-3-12-31-17-8-10-18(11-9-17)32(29,30)26(14-19(27)23-28)13-15-4-6-16(7-5-15)20-21-24-25-22-20/h2,4-11,28H,1,3,12-14H2,(H,23,27)(H,21,22,24,25). The topological polar surface area (TPSA) is 150 Å². The highest BCUT2D eigenvalue weighted by molar-refractivity contribution is 7.89. The Morgan fingerprint density at radius 1 is 1.19 bits per heavy atom. The first-order chi connectivity index (χ1) is 15.4. The molecule has 0 spiro atoms. The van der Waals surface area contributed by atoms with Crippen molar-refractivity contribution in [2.24, 2.45) is 0 Å². The van der Waals surface area contributed by atoms with Crippen molar-refractivity contribution in [3.8, 4) is 17.1 Å². The van der Waals surface area contributed by atoms with Gasteiger partial charge in [0.2, 0.25) is 15.8 Å². The molecule has 1 aromatic heterocycles. The number of nitrogens with one attached hydrogen (secondary N) is 2. The van der Waals surface area contributed by atoms with E-state index in [1.807, 2.05) is 0 Å². The van der Waals surface area contributed by atoms with E-state index in [4.69, 9.17) is 9.94 Å². The summed E-state index contributed by atoms with van der Waals surface area (Å²) in [6, 6.07) is 12.7. The van der Waals surface area contributed by atoms with Gasteiger partial charge in [-0.25, -0.2) is 13.9 Å². The van der Waals surface area contributed by atoms with Crippen LogP contribution in [0.15, 0.2) is 66.1 Å². The van der Waals surface area contributed by atoms with E-state index in [1.165, 1.54) is 17.6 Å². The third-order valence-electron chi connectivity index (χ3n) is 4.41. The van der Waals surface area contributed by atoms with Gasteiger partial charge in [0.25, 0.3) is 5.91 Å². The Morgan fingerprint density at radius 3 is 2.50 bits per heavy atom. The molecule has 0 fully saturated rings. The summed E-state index contributed by atoms with van der Waals surface area (Å²) >= 11 is 0. The van der Waals surface area contributed by atoms with E-state index in [0.29, 0.717) is 35.7 Å². The third kappa shape index (κ3) is 5.75. The summed E-state index contributed by atoms with van der Waals surface area (Å²) in [6.07, 6.45) is 2.38. The van der Waals surface area contributed by atoms with E-state index < -0.39 is 22.5 Å². The van der Waals surface area contributed by atoms with Crippen LogP contribution >= 0.6 is 0 Å². The number of nitrogens with zero attached hydrogens (tertiary/aromatic N) is 4. The summed E-state index contributed by atoms with van der Waals surface area (Å²) in [5.74, 6) is 0.0555. The summed E-state index contributed by atoms with van der Waals surface area (Å²) in [5.41, 5.74) is 2.78. The molecule has 0 atom stereocenters. The highest BCUT2D eigenvalue weighted by Gasteiger charge is 2.27. The van der Waals surface area contributed by atoms with Crippen molar-refractivity contribution in [2.45, 2.75) is 17.9 Å². The molecule has 168 valence electrons. The van der Waals surface area contributed by atoms with E-state index in [9.17, 15) is 13.2 Å². The minimum atomic E-state index is -4.05. The maximum atomic E-state index is 13.2. The molecule has 0 bridgehead atoms. The molecule has 0 saturated heterocycles. The van der Waals surface area contributed by atoms with Crippen molar-refractivity contribution < 1.29 is 23.2 Å². The molecule has 3 rings (SSSR count). The van der Waals surface area contributed by atoms with Crippen LogP contribution in [0.4, 0.5) is 0 Å². The van der Waals surface area contributed by atoms with Crippen LogP contribution in [0.25, 0.3) is 11.4 Å². The molecule has 2 aromatic carbocycles. The molecule has 0 aliphatic heterocycles. The molecule has 0 aliphatic carbocycles. The van der Waals surface area contributed by atoms with Gasteiger partial charge in [0, 0.05) is 12.1 Å². The number of hydroxylamine groups is 1. The van der Waals surface area contributed by atoms with E-state index in [2.05, 4.69) is 27.2 Å². The summed E-state index contributed by atoms with van der Waals surface area (Å²) in [6.45, 7) is 3.38. The number of aromatic amines is 1. The molecular weight excluding hydrogens is 436 g/mol. The van der Waals surface area contributed by atoms with Crippen LogP contribution < -0.4 is 10.2 Å². The largest absolute Gasteiger partial charge is 0.493 e. The lowest BCUT2D eigenvalue weighted by Crippen LogP contribution is -2.39. The number of H-pyrrole nitrogens is 1. The Kier molecular flexibility index (Phi) is 7.65. The third-order valence-corrected chi connectivity index (χ3v) is 6.22. The molecule has 0 aliphatic rings. The number of carbonyl (C=O) groups is 1. The van der Waals surface area contributed by atoms with Crippen molar-refractivity contribution in [3.05, 3.63) is 66.7 Å². The van der Waals surface area contributed by atoms with E-state index in [0.717, 1.165) is 4.31 Å². The van der Waals surface area contributed by atoms with E-state index >= 15 is 0 Å². The lowest BCUT2D eigenvalue weighted by atomic mass is 10.1. The van der Waals surface area contributed by atoms with Gasteiger partial charge < -0.3 is 4.74 Å².